The Morgan fingerprint density at radius 1 is 1.15 bits per heavy atom. The number of nitro benzene ring substituents is 1. The number of hydrogen-bond donors (Lipinski definition) is 1. The summed E-state index contributed by atoms with van der Waals surface area (Å²) in [5.41, 5.74) is 0.227. The van der Waals surface area contributed by atoms with Gasteiger partial charge in [-0.25, -0.2) is 0 Å². The zero-order chi connectivity index (χ0) is 23.5. The Bertz CT molecular complexity index is 1230. The molecule has 1 unspecified atom stereocenters. The number of Topliss-reactive ketones (excluding diaryl/α,β-unsaturated/α-hetero) is 1. The van der Waals surface area contributed by atoms with Gasteiger partial charge < -0.3 is 19.2 Å². The van der Waals surface area contributed by atoms with Crippen molar-refractivity contribution in [1.29, 1.82) is 0 Å². The summed E-state index contributed by atoms with van der Waals surface area (Å²) in [4.78, 5) is 37.9. The van der Waals surface area contributed by atoms with Crippen LogP contribution in [0.1, 0.15) is 29.9 Å². The van der Waals surface area contributed by atoms with E-state index in [0.29, 0.717) is 23.7 Å². The van der Waals surface area contributed by atoms with Crippen LogP contribution in [0.5, 0.6) is 5.75 Å². The summed E-state index contributed by atoms with van der Waals surface area (Å²) in [6.07, 6.45) is 1.46. The first kappa shape index (κ1) is 21.8. The number of furan rings is 1. The first-order valence-electron chi connectivity index (χ1n) is 10.2. The maximum Gasteiger partial charge on any atom is 0.296 e. The summed E-state index contributed by atoms with van der Waals surface area (Å²) in [7, 11) is 0. The van der Waals surface area contributed by atoms with Gasteiger partial charge in [-0.15, -0.1) is 0 Å². The number of carbonyl (C=O) groups excluding carboxylic acids is 2. The zero-order valence-electron chi connectivity index (χ0n) is 17.6. The standard InChI is InChI=1S/C24H20N2O7/c1-2-32-18-10-8-15(9-11-18)21-20(22(27)16-5-3-6-17(13-16)26(30)31)23(28)24(29)25(21)14-19-7-4-12-33-19/h3-13,21,27H,2,14H2,1H3/b22-20-. The van der Waals surface area contributed by atoms with Gasteiger partial charge in [0.15, 0.2) is 0 Å². The van der Waals surface area contributed by atoms with Crippen LogP contribution < -0.4 is 4.74 Å². The van der Waals surface area contributed by atoms with Crippen molar-refractivity contribution in [1.82, 2.24) is 4.90 Å². The molecule has 1 atom stereocenters. The maximum atomic E-state index is 13.0. The molecule has 1 saturated heterocycles. The van der Waals surface area contributed by atoms with Crippen LogP contribution in [0.25, 0.3) is 5.76 Å². The Balaban J connectivity index is 1.85. The Morgan fingerprint density at radius 2 is 1.91 bits per heavy atom. The monoisotopic (exact) mass is 448 g/mol. The van der Waals surface area contributed by atoms with Crippen LogP contribution >= 0.6 is 0 Å². The molecule has 1 fully saturated rings. The average molecular weight is 448 g/mol. The topological polar surface area (TPSA) is 123 Å². The summed E-state index contributed by atoms with van der Waals surface area (Å²) < 4.78 is 10.8. The fourth-order valence-electron chi connectivity index (χ4n) is 3.80. The molecule has 4 rings (SSSR count). The molecule has 1 amide bonds. The summed E-state index contributed by atoms with van der Waals surface area (Å²) in [6, 6.07) is 14.5. The minimum Gasteiger partial charge on any atom is -0.507 e. The van der Waals surface area contributed by atoms with Gasteiger partial charge in [-0.1, -0.05) is 24.3 Å². The molecule has 2 aromatic carbocycles. The maximum absolute atomic E-state index is 13.0. The van der Waals surface area contributed by atoms with Crippen molar-refractivity contribution in [2.75, 3.05) is 6.61 Å². The molecule has 0 saturated carbocycles. The zero-order valence-corrected chi connectivity index (χ0v) is 17.6. The summed E-state index contributed by atoms with van der Waals surface area (Å²) in [6.45, 7) is 2.33. The number of ether oxygens (including phenoxy) is 1. The molecule has 33 heavy (non-hydrogen) atoms. The Morgan fingerprint density at radius 3 is 2.55 bits per heavy atom. The molecule has 1 N–H and O–H groups in total. The molecule has 9 heteroatoms. The highest BCUT2D eigenvalue weighted by atomic mass is 16.6. The van der Waals surface area contributed by atoms with Gasteiger partial charge in [0.25, 0.3) is 17.4 Å². The van der Waals surface area contributed by atoms with Crippen LogP contribution in [-0.2, 0) is 16.1 Å². The third kappa shape index (κ3) is 4.20. The van der Waals surface area contributed by atoms with Crippen molar-refractivity contribution >= 4 is 23.1 Å². The van der Waals surface area contributed by atoms with Crippen molar-refractivity contribution in [3.63, 3.8) is 0 Å². The summed E-state index contributed by atoms with van der Waals surface area (Å²) >= 11 is 0. The summed E-state index contributed by atoms with van der Waals surface area (Å²) in [5, 5.41) is 22.2. The second-order valence-electron chi connectivity index (χ2n) is 7.32. The minimum atomic E-state index is -0.926. The molecule has 2 heterocycles. The van der Waals surface area contributed by atoms with Gasteiger partial charge in [-0.05, 0) is 36.8 Å². The number of likely N-dealkylation sites (tertiary alicyclic amines) is 1. The molecule has 0 spiro atoms. The number of nitro groups is 1. The van der Waals surface area contributed by atoms with Gasteiger partial charge in [0.2, 0.25) is 0 Å². The lowest BCUT2D eigenvalue weighted by atomic mass is 9.95. The molecule has 168 valence electrons. The van der Waals surface area contributed by atoms with E-state index >= 15 is 0 Å². The normalized spacial score (nSPS) is 17.4. The molecule has 0 bridgehead atoms. The van der Waals surface area contributed by atoms with E-state index in [9.17, 15) is 24.8 Å². The number of hydrogen-bond acceptors (Lipinski definition) is 7. The van der Waals surface area contributed by atoms with Gasteiger partial charge in [0, 0.05) is 17.7 Å². The van der Waals surface area contributed by atoms with Crippen molar-refractivity contribution in [3.8, 4) is 5.75 Å². The van der Waals surface area contributed by atoms with E-state index in [1.165, 1.54) is 29.4 Å². The Kier molecular flexibility index (Phi) is 5.95. The van der Waals surface area contributed by atoms with Crippen molar-refractivity contribution in [2.24, 2.45) is 0 Å². The minimum absolute atomic E-state index is 0.00116. The van der Waals surface area contributed by atoms with Crippen LogP contribution in [0.3, 0.4) is 0 Å². The largest absolute Gasteiger partial charge is 0.507 e. The highest BCUT2D eigenvalue weighted by Crippen LogP contribution is 2.41. The van der Waals surface area contributed by atoms with Crippen LogP contribution in [-0.4, -0.2) is 33.2 Å². The first-order valence-corrected chi connectivity index (χ1v) is 10.2. The fourth-order valence-corrected chi connectivity index (χ4v) is 3.80. The van der Waals surface area contributed by atoms with E-state index in [0.717, 1.165) is 6.07 Å². The van der Waals surface area contributed by atoms with Crippen LogP contribution in [0, 0.1) is 10.1 Å². The summed E-state index contributed by atoms with van der Waals surface area (Å²) in [5.74, 6) is -1.11. The highest BCUT2D eigenvalue weighted by Gasteiger charge is 2.46. The number of carbonyl (C=O) groups is 2. The quantitative estimate of drug-likeness (QED) is 0.189. The van der Waals surface area contributed by atoms with Gasteiger partial charge >= 0.3 is 0 Å². The van der Waals surface area contributed by atoms with E-state index in [4.69, 9.17) is 9.15 Å². The number of ketones is 1. The van der Waals surface area contributed by atoms with Gasteiger partial charge in [0.1, 0.15) is 17.3 Å². The predicted octanol–water partition coefficient (Wildman–Crippen LogP) is 4.21. The van der Waals surface area contributed by atoms with Crippen LogP contribution in [0.2, 0.25) is 0 Å². The molecule has 1 aliphatic heterocycles. The SMILES string of the molecule is CCOc1ccc(C2/C(=C(/O)c3cccc([N+](=O)[O-])c3)C(=O)C(=O)N2Cc2ccco2)cc1. The molecule has 1 aliphatic rings. The van der Waals surface area contributed by atoms with Crippen molar-refractivity contribution in [2.45, 2.75) is 19.5 Å². The van der Waals surface area contributed by atoms with Crippen molar-refractivity contribution < 1.29 is 28.8 Å². The smallest absolute Gasteiger partial charge is 0.296 e. The molecule has 1 aromatic heterocycles. The lowest BCUT2D eigenvalue weighted by Gasteiger charge is -2.24. The molecule has 0 aliphatic carbocycles. The Hall–Kier alpha value is -4.40. The van der Waals surface area contributed by atoms with E-state index in [1.807, 2.05) is 6.92 Å². The van der Waals surface area contributed by atoms with E-state index in [-0.39, 0.29) is 23.4 Å². The lowest BCUT2D eigenvalue weighted by molar-refractivity contribution is -0.384. The highest BCUT2D eigenvalue weighted by molar-refractivity contribution is 6.46. The molecule has 0 radical (unpaired) electrons. The second-order valence-corrected chi connectivity index (χ2v) is 7.32. The number of amides is 1. The van der Waals surface area contributed by atoms with Crippen LogP contribution in [0.4, 0.5) is 5.69 Å². The molecular weight excluding hydrogens is 428 g/mol. The van der Waals surface area contributed by atoms with E-state index < -0.39 is 28.4 Å². The van der Waals surface area contributed by atoms with E-state index in [1.54, 1.807) is 36.4 Å². The van der Waals surface area contributed by atoms with Gasteiger partial charge in [-0.3, -0.25) is 19.7 Å². The van der Waals surface area contributed by atoms with E-state index in [2.05, 4.69) is 0 Å². The number of rotatable bonds is 7. The number of non-ortho nitro benzene ring substituents is 1. The second kappa shape index (κ2) is 8.99. The average Bonchev–Trinajstić information content (AvgIpc) is 3.42. The number of benzene rings is 2. The molecular formula is C24H20N2O7. The predicted molar refractivity (Wildman–Crippen MR) is 117 cm³/mol. The first-order chi connectivity index (χ1) is 15.9. The molecule has 3 aromatic rings. The fraction of sp³-hybridized carbons (Fsp3) is 0.167. The number of aliphatic hydroxyl groups is 1. The lowest BCUT2D eigenvalue weighted by Crippen LogP contribution is -2.29. The van der Waals surface area contributed by atoms with Crippen LogP contribution in [0.15, 0.2) is 76.9 Å². The van der Waals surface area contributed by atoms with Crippen molar-refractivity contribution in [3.05, 3.63) is 99.5 Å². The van der Waals surface area contributed by atoms with Gasteiger partial charge in [-0.2, -0.15) is 0 Å². The van der Waals surface area contributed by atoms with Gasteiger partial charge in [0.05, 0.1) is 36.0 Å². The molecule has 9 nitrogen and oxygen atoms in total. The third-order valence-corrected chi connectivity index (χ3v) is 5.28. The number of nitrogens with zero attached hydrogens (tertiary/aromatic N) is 2. The Labute approximate surface area is 188 Å². The number of aliphatic hydroxyl groups excluding tert-OH is 1. The third-order valence-electron chi connectivity index (χ3n) is 5.28.